The van der Waals surface area contributed by atoms with Crippen LogP contribution >= 0.6 is 11.6 Å². The maximum Gasteiger partial charge on any atom is 0.185 e. The summed E-state index contributed by atoms with van der Waals surface area (Å²) in [6.45, 7) is 0.0173. The fourth-order valence-corrected chi connectivity index (χ4v) is 1.16. The Hall–Kier alpha value is -1.23. The molecule has 0 saturated heterocycles. The lowest BCUT2D eigenvalue weighted by Gasteiger charge is -2.07. The van der Waals surface area contributed by atoms with Gasteiger partial charge in [-0.15, -0.1) is 11.6 Å². The minimum atomic E-state index is -1.45. The zero-order valence-corrected chi connectivity index (χ0v) is 8.79. The average molecular weight is 254 g/mol. The van der Waals surface area contributed by atoms with Gasteiger partial charge in [0, 0.05) is 18.5 Å². The summed E-state index contributed by atoms with van der Waals surface area (Å²) < 4.78 is 51.6. The zero-order valence-electron chi connectivity index (χ0n) is 8.04. The molecule has 0 aliphatic rings. The molecule has 1 nitrogen and oxygen atoms in total. The number of halogens is 5. The third-order valence-electron chi connectivity index (χ3n) is 1.76. The van der Waals surface area contributed by atoms with Crippen molar-refractivity contribution in [2.24, 2.45) is 0 Å². The van der Waals surface area contributed by atoms with Gasteiger partial charge >= 0.3 is 0 Å². The minimum absolute atomic E-state index is 0.0173. The third kappa shape index (κ3) is 2.88. The number of allylic oxidation sites excluding steroid dienone is 1. The number of anilines is 1. The van der Waals surface area contributed by atoms with Crippen LogP contribution in [0.15, 0.2) is 18.2 Å². The third-order valence-corrected chi connectivity index (χ3v) is 1.94. The smallest absolute Gasteiger partial charge is 0.185 e. The Morgan fingerprint density at radius 2 is 1.62 bits per heavy atom. The molecule has 1 N–H and O–H groups in total. The first-order valence-corrected chi connectivity index (χ1v) is 4.89. The number of alkyl halides is 1. The van der Waals surface area contributed by atoms with Gasteiger partial charge in [0.05, 0.1) is 0 Å². The van der Waals surface area contributed by atoms with Crippen LogP contribution in [-0.4, -0.2) is 12.4 Å². The first-order chi connectivity index (χ1) is 7.57. The highest BCUT2D eigenvalue weighted by Crippen LogP contribution is 2.23. The maximum absolute atomic E-state index is 13.1. The van der Waals surface area contributed by atoms with Crippen LogP contribution in [0.2, 0.25) is 0 Å². The molecule has 0 atom stereocenters. The SMILES string of the molecule is Fc1cc(F)c(F)c(NC/C=C/CCl)c1F. The van der Waals surface area contributed by atoms with Gasteiger partial charge in [0.25, 0.3) is 0 Å². The predicted octanol–water partition coefficient (Wildman–Crippen LogP) is 3.45. The molecular weight excluding hydrogens is 246 g/mol. The molecule has 0 heterocycles. The van der Waals surface area contributed by atoms with E-state index < -0.39 is 29.0 Å². The highest BCUT2D eigenvalue weighted by atomic mass is 35.5. The van der Waals surface area contributed by atoms with Gasteiger partial charge in [0.15, 0.2) is 23.3 Å². The van der Waals surface area contributed by atoms with Crippen molar-refractivity contribution in [1.82, 2.24) is 0 Å². The van der Waals surface area contributed by atoms with Gasteiger partial charge in [0.2, 0.25) is 0 Å². The van der Waals surface area contributed by atoms with Crippen LogP contribution < -0.4 is 5.32 Å². The van der Waals surface area contributed by atoms with Crippen molar-refractivity contribution >= 4 is 17.3 Å². The van der Waals surface area contributed by atoms with Crippen LogP contribution in [0.5, 0.6) is 0 Å². The van der Waals surface area contributed by atoms with Gasteiger partial charge in [-0.3, -0.25) is 0 Å². The largest absolute Gasteiger partial charge is 0.377 e. The summed E-state index contributed by atoms with van der Waals surface area (Å²) in [7, 11) is 0. The molecule has 6 heteroatoms. The van der Waals surface area contributed by atoms with Crippen LogP contribution in [0.25, 0.3) is 0 Å². The second kappa shape index (κ2) is 5.75. The molecule has 1 aromatic rings. The number of hydrogen-bond donors (Lipinski definition) is 1. The van der Waals surface area contributed by atoms with Gasteiger partial charge in [-0.05, 0) is 0 Å². The molecule has 0 saturated carbocycles. The summed E-state index contributed by atoms with van der Waals surface area (Å²) in [5, 5.41) is 2.22. The lowest BCUT2D eigenvalue weighted by molar-refractivity contribution is 0.458. The predicted molar refractivity (Wildman–Crippen MR) is 54.6 cm³/mol. The van der Waals surface area contributed by atoms with Crippen molar-refractivity contribution in [3.05, 3.63) is 41.5 Å². The van der Waals surface area contributed by atoms with E-state index in [4.69, 9.17) is 11.6 Å². The Morgan fingerprint density at radius 1 is 1.06 bits per heavy atom. The van der Waals surface area contributed by atoms with E-state index in [1.165, 1.54) is 12.2 Å². The topological polar surface area (TPSA) is 12.0 Å². The zero-order chi connectivity index (χ0) is 12.1. The van der Waals surface area contributed by atoms with Crippen molar-refractivity contribution in [2.45, 2.75) is 0 Å². The molecule has 88 valence electrons. The van der Waals surface area contributed by atoms with Crippen molar-refractivity contribution in [3.63, 3.8) is 0 Å². The minimum Gasteiger partial charge on any atom is -0.377 e. The highest BCUT2D eigenvalue weighted by molar-refractivity contribution is 6.18. The van der Waals surface area contributed by atoms with Crippen molar-refractivity contribution in [2.75, 3.05) is 17.7 Å². The number of rotatable bonds is 4. The summed E-state index contributed by atoms with van der Waals surface area (Å²) in [5.74, 6) is -5.54. The summed E-state index contributed by atoms with van der Waals surface area (Å²) in [5.41, 5.74) is -0.822. The lowest BCUT2D eigenvalue weighted by Crippen LogP contribution is -2.07. The van der Waals surface area contributed by atoms with Gasteiger partial charge in [0.1, 0.15) is 5.69 Å². The molecule has 0 bridgehead atoms. The second-order valence-electron chi connectivity index (χ2n) is 2.85. The van der Waals surface area contributed by atoms with Crippen LogP contribution in [0.1, 0.15) is 0 Å². The molecule has 1 rings (SSSR count). The van der Waals surface area contributed by atoms with Gasteiger partial charge < -0.3 is 5.32 Å². The van der Waals surface area contributed by atoms with E-state index in [0.717, 1.165) is 0 Å². The molecule has 1 aromatic carbocycles. The molecular formula is C10H8ClF4N. The van der Waals surface area contributed by atoms with Gasteiger partial charge in [-0.1, -0.05) is 12.2 Å². The Bertz CT molecular complexity index is 380. The number of benzene rings is 1. The van der Waals surface area contributed by atoms with Crippen LogP contribution in [0, 0.1) is 23.3 Å². The summed E-state index contributed by atoms with van der Waals surface area (Å²) >= 11 is 5.31. The quantitative estimate of drug-likeness (QED) is 0.375. The van der Waals surface area contributed by atoms with E-state index in [-0.39, 0.29) is 18.5 Å². The molecule has 0 spiro atoms. The molecule has 0 aliphatic carbocycles. The Morgan fingerprint density at radius 3 is 2.12 bits per heavy atom. The Kier molecular flexibility index (Phi) is 4.61. The van der Waals surface area contributed by atoms with E-state index in [1.807, 2.05) is 0 Å². The van der Waals surface area contributed by atoms with E-state index in [9.17, 15) is 17.6 Å². The molecule has 0 aromatic heterocycles. The van der Waals surface area contributed by atoms with Gasteiger partial charge in [-0.25, -0.2) is 17.6 Å². The lowest BCUT2D eigenvalue weighted by atomic mass is 10.2. The first kappa shape index (κ1) is 12.8. The fraction of sp³-hybridized carbons (Fsp3) is 0.200. The number of hydrogen-bond acceptors (Lipinski definition) is 1. The van der Waals surface area contributed by atoms with Crippen LogP contribution in [0.3, 0.4) is 0 Å². The monoisotopic (exact) mass is 253 g/mol. The second-order valence-corrected chi connectivity index (χ2v) is 3.16. The molecule has 0 fully saturated rings. The van der Waals surface area contributed by atoms with Crippen molar-refractivity contribution in [3.8, 4) is 0 Å². The number of nitrogens with one attached hydrogen (secondary N) is 1. The summed E-state index contributed by atoms with van der Waals surface area (Å²) in [4.78, 5) is 0. The van der Waals surface area contributed by atoms with Crippen LogP contribution in [-0.2, 0) is 0 Å². The average Bonchev–Trinajstić information content (AvgIpc) is 2.25. The van der Waals surface area contributed by atoms with E-state index in [2.05, 4.69) is 5.32 Å². The standard InChI is InChI=1S/C10H8ClF4N/c11-3-1-2-4-16-10-8(14)6(12)5-7(13)9(10)15/h1-2,5,16H,3-4H2/b2-1+. The fourth-order valence-electron chi connectivity index (χ4n) is 1.04. The van der Waals surface area contributed by atoms with E-state index in [1.54, 1.807) is 0 Å². The van der Waals surface area contributed by atoms with Crippen molar-refractivity contribution < 1.29 is 17.6 Å². The summed E-state index contributed by atoms with van der Waals surface area (Å²) in [6.07, 6.45) is 3.01. The highest BCUT2D eigenvalue weighted by Gasteiger charge is 2.18. The molecule has 0 amide bonds. The van der Waals surface area contributed by atoms with E-state index >= 15 is 0 Å². The van der Waals surface area contributed by atoms with Crippen molar-refractivity contribution in [1.29, 1.82) is 0 Å². The molecule has 0 radical (unpaired) electrons. The van der Waals surface area contributed by atoms with Crippen LogP contribution in [0.4, 0.5) is 23.2 Å². The Balaban J connectivity index is 2.90. The van der Waals surface area contributed by atoms with E-state index in [0.29, 0.717) is 0 Å². The molecule has 0 unspecified atom stereocenters. The normalized spacial score (nSPS) is 11.1. The first-order valence-electron chi connectivity index (χ1n) is 4.35. The molecule has 0 aliphatic heterocycles. The molecule has 16 heavy (non-hydrogen) atoms. The maximum atomic E-state index is 13.1. The Labute approximate surface area is 94.7 Å². The summed E-state index contributed by atoms with van der Waals surface area (Å²) in [6, 6.07) is 0.157. The van der Waals surface area contributed by atoms with Gasteiger partial charge in [-0.2, -0.15) is 0 Å².